The van der Waals surface area contributed by atoms with Crippen molar-refractivity contribution < 1.29 is 19.1 Å². The van der Waals surface area contributed by atoms with Gasteiger partial charge in [0.2, 0.25) is 11.8 Å². The SMILES string of the molecule is COc1ccc(NC(=O)CC(=O)Nc2cccc(C#N)c2)c(OC)c1. The Bertz CT molecular complexity index is 827. The Kier molecular flexibility index (Phi) is 5.96. The van der Waals surface area contributed by atoms with Gasteiger partial charge in [-0.25, -0.2) is 0 Å². The van der Waals surface area contributed by atoms with Crippen LogP contribution in [-0.4, -0.2) is 26.0 Å². The fourth-order valence-electron chi connectivity index (χ4n) is 2.11. The Morgan fingerprint density at radius 3 is 2.48 bits per heavy atom. The largest absolute Gasteiger partial charge is 0.497 e. The van der Waals surface area contributed by atoms with Crippen LogP contribution in [0, 0.1) is 11.3 Å². The van der Waals surface area contributed by atoms with E-state index in [1.807, 2.05) is 6.07 Å². The first-order valence-corrected chi connectivity index (χ1v) is 7.37. The molecule has 2 aromatic rings. The minimum atomic E-state index is -0.489. The van der Waals surface area contributed by atoms with Gasteiger partial charge in [-0.05, 0) is 30.3 Å². The number of benzene rings is 2. The zero-order valence-electron chi connectivity index (χ0n) is 13.8. The molecule has 2 N–H and O–H groups in total. The number of hydrogen-bond acceptors (Lipinski definition) is 5. The summed E-state index contributed by atoms with van der Waals surface area (Å²) in [6, 6.07) is 13.4. The molecule has 0 aliphatic rings. The van der Waals surface area contributed by atoms with E-state index in [1.54, 1.807) is 36.4 Å². The van der Waals surface area contributed by atoms with Gasteiger partial charge >= 0.3 is 0 Å². The summed E-state index contributed by atoms with van der Waals surface area (Å²) in [6.45, 7) is 0. The highest BCUT2D eigenvalue weighted by Gasteiger charge is 2.13. The highest BCUT2D eigenvalue weighted by molar-refractivity contribution is 6.08. The molecule has 0 aliphatic carbocycles. The van der Waals surface area contributed by atoms with Crippen LogP contribution in [-0.2, 0) is 9.59 Å². The predicted octanol–water partition coefficient (Wildman–Crippen LogP) is 2.54. The Labute approximate surface area is 145 Å². The average molecular weight is 339 g/mol. The topological polar surface area (TPSA) is 100 Å². The lowest BCUT2D eigenvalue weighted by Gasteiger charge is -2.11. The van der Waals surface area contributed by atoms with Crippen molar-refractivity contribution in [2.45, 2.75) is 6.42 Å². The van der Waals surface area contributed by atoms with Crippen molar-refractivity contribution in [1.29, 1.82) is 5.26 Å². The van der Waals surface area contributed by atoms with Gasteiger partial charge in [0.25, 0.3) is 0 Å². The molecule has 0 fully saturated rings. The second kappa shape index (κ2) is 8.36. The second-order valence-electron chi connectivity index (χ2n) is 5.03. The van der Waals surface area contributed by atoms with Crippen LogP contribution in [0.15, 0.2) is 42.5 Å². The van der Waals surface area contributed by atoms with Gasteiger partial charge in [0, 0.05) is 11.8 Å². The van der Waals surface area contributed by atoms with E-state index in [1.165, 1.54) is 20.3 Å². The van der Waals surface area contributed by atoms with E-state index in [4.69, 9.17) is 14.7 Å². The van der Waals surface area contributed by atoms with Gasteiger partial charge in [0.15, 0.2) is 0 Å². The lowest BCUT2D eigenvalue weighted by Crippen LogP contribution is -2.21. The Morgan fingerprint density at radius 2 is 1.80 bits per heavy atom. The van der Waals surface area contributed by atoms with Gasteiger partial charge in [-0.1, -0.05) is 6.07 Å². The lowest BCUT2D eigenvalue weighted by molar-refractivity contribution is -0.123. The number of nitrogens with zero attached hydrogens (tertiary/aromatic N) is 1. The Morgan fingerprint density at radius 1 is 1.04 bits per heavy atom. The molecule has 2 rings (SSSR count). The third-order valence-electron chi connectivity index (χ3n) is 3.28. The van der Waals surface area contributed by atoms with Crippen LogP contribution in [0.2, 0.25) is 0 Å². The molecule has 0 saturated carbocycles. The number of rotatable bonds is 6. The zero-order valence-corrected chi connectivity index (χ0v) is 13.8. The van der Waals surface area contributed by atoms with Crippen molar-refractivity contribution in [2.75, 3.05) is 24.9 Å². The smallest absolute Gasteiger partial charge is 0.233 e. The van der Waals surface area contributed by atoms with Crippen molar-refractivity contribution in [3.05, 3.63) is 48.0 Å². The molecule has 0 saturated heterocycles. The molecular formula is C18H17N3O4. The molecule has 0 unspecified atom stereocenters. The maximum absolute atomic E-state index is 12.0. The van der Waals surface area contributed by atoms with E-state index in [0.717, 1.165) is 0 Å². The molecule has 0 spiro atoms. The van der Waals surface area contributed by atoms with Gasteiger partial charge in [0.1, 0.15) is 17.9 Å². The van der Waals surface area contributed by atoms with Crippen molar-refractivity contribution in [3.63, 3.8) is 0 Å². The molecular weight excluding hydrogens is 322 g/mol. The predicted molar refractivity (Wildman–Crippen MR) is 92.6 cm³/mol. The summed E-state index contributed by atoms with van der Waals surface area (Å²) in [5.74, 6) is 0.0391. The molecule has 2 aromatic carbocycles. The van der Waals surface area contributed by atoms with Crippen molar-refractivity contribution >= 4 is 23.2 Å². The second-order valence-corrected chi connectivity index (χ2v) is 5.03. The summed E-state index contributed by atoms with van der Waals surface area (Å²) in [6.07, 6.45) is -0.369. The van der Waals surface area contributed by atoms with Crippen LogP contribution in [0.5, 0.6) is 11.5 Å². The number of hydrogen-bond donors (Lipinski definition) is 2. The van der Waals surface area contributed by atoms with E-state index in [2.05, 4.69) is 10.6 Å². The third kappa shape index (κ3) is 4.97. The molecule has 0 radical (unpaired) electrons. The van der Waals surface area contributed by atoms with Gasteiger partial charge in [-0.2, -0.15) is 5.26 Å². The summed E-state index contributed by atoms with van der Waals surface area (Å²) in [5, 5.41) is 14.0. The van der Waals surface area contributed by atoms with E-state index in [0.29, 0.717) is 28.4 Å². The summed E-state index contributed by atoms with van der Waals surface area (Å²) < 4.78 is 10.3. The van der Waals surface area contributed by atoms with Crippen LogP contribution in [0.1, 0.15) is 12.0 Å². The number of nitriles is 1. The molecule has 0 bridgehead atoms. The number of carbonyl (C=O) groups is 2. The molecule has 0 aliphatic heterocycles. The van der Waals surface area contributed by atoms with Gasteiger partial charge in [-0.15, -0.1) is 0 Å². The van der Waals surface area contributed by atoms with Gasteiger partial charge in [0.05, 0.1) is 31.5 Å². The number of anilines is 2. The molecule has 25 heavy (non-hydrogen) atoms. The minimum Gasteiger partial charge on any atom is -0.497 e. The normalized spacial score (nSPS) is 9.64. The summed E-state index contributed by atoms with van der Waals surface area (Å²) >= 11 is 0. The van der Waals surface area contributed by atoms with Crippen molar-refractivity contribution in [3.8, 4) is 17.6 Å². The molecule has 7 nitrogen and oxygen atoms in total. The van der Waals surface area contributed by atoms with Crippen molar-refractivity contribution in [2.24, 2.45) is 0 Å². The first-order valence-electron chi connectivity index (χ1n) is 7.37. The number of ether oxygens (including phenoxy) is 2. The monoisotopic (exact) mass is 339 g/mol. The molecule has 128 valence electrons. The Hall–Kier alpha value is -3.53. The molecule has 0 atom stereocenters. The summed E-state index contributed by atoms with van der Waals surface area (Å²) in [5.41, 5.74) is 1.32. The van der Waals surface area contributed by atoms with E-state index >= 15 is 0 Å². The number of amides is 2. The fraction of sp³-hybridized carbons (Fsp3) is 0.167. The maximum atomic E-state index is 12.0. The number of methoxy groups -OCH3 is 2. The average Bonchev–Trinajstić information content (AvgIpc) is 2.61. The number of carbonyl (C=O) groups excluding carboxylic acids is 2. The molecule has 2 amide bonds. The highest BCUT2D eigenvalue weighted by atomic mass is 16.5. The van der Waals surface area contributed by atoms with Gasteiger partial charge < -0.3 is 20.1 Å². The Balaban J connectivity index is 1.98. The minimum absolute atomic E-state index is 0.369. The van der Waals surface area contributed by atoms with Crippen LogP contribution < -0.4 is 20.1 Å². The summed E-state index contributed by atoms with van der Waals surface area (Å²) in [7, 11) is 3.00. The first kappa shape index (κ1) is 17.8. The maximum Gasteiger partial charge on any atom is 0.233 e. The van der Waals surface area contributed by atoms with Gasteiger partial charge in [-0.3, -0.25) is 9.59 Å². The summed E-state index contributed by atoms with van der Waals surface area (Å²) in [4.78, 5) is 24.0. The fourth-order valence-corrected chi connectivity index (χ4v) is 2.11. The van der Waals surface area contributed by atoms with Crippen LogP contribution in [0.3, 0.4) is 0 Å². The van der Waals surface area contributed by atoms with Crippen molar-refractivity contribution in [1.82, 2.24) is 0 Å². The highest BCUT2D eigenvalue weighted by Crippen LogP contribution is 2.29. The number of nitrogens with one attached hydrogen (secondary N) is 2. The van der Waals surface area contributed by atoms with Crippen LogP contribution >= 0.6 is 0 Å². The van der Waals surface area contributed by atoms with E-state index in [-0.39, 0.29) is 6.42 Å². The van der Waals surface area contributed by atoms with E-state index in [9.17, 15) is 9.59 Å². The molecule has 0 heterocycles. The van der Waals surface area contributed by atoms with Crippen LogP contribution in [0.4, 0.5) is 11.4 Å². The first-order chi connectivity index (χ1) is 12.0. The molecule has 7 heteroatoms. The lowest BCUT2D eigenvalue weighted by atomic mass is 10.2. The zero-order chi connectivity index (χ0) is 18.2. The van der Waals surface area contributed by atoms with E-state index < -0.39 is 11.8 Å². The standard InChI is InChI=1S/C18H17N3O4/c1-24-14-6-7-15(16(9-14)25-2)21-18(23)10-17(22)20-13-5-3-4-12(8-13)11-19/h3-9H,10H2,1-2H3,(H,20,22)(H,21,23). The van der Waals surface area contributed by atoms with Crippen LogP contribution in [0.25, 0.3) is 0 Å². The quantitative estimate of drug-likeness (QED) is 0.788. The molecule has 0 aromatic heterocycles. The third-order valence-corrected chi connectivity index (χ3v) is 3.28.